The van der Waals surface area contributed by atoms with Crippen LogP contribution < -0.4 is 5.73 Å². The minimum atomic E-state index is 0. The summed E-state index contributed by atoms with van der Waals surface area (Å²) in [5.41, 5.74) is 7.38. The van der Waals surface area contributed by atoms with Gasteiger partial charge in [0.2, 0.25) is 0 Å². The van der Waals surface area contributed by atoms with Crippen molar-refractivity contribution < 1.29 is 0 Å². The average Bonchev–Trinajstić information content (AvgIpc) is 2.74. The quantitative estimate of drug-likeness (QED) is 0.0937. The summed E-state index contributed by atoms with van der Waals surface area (Å²) in [5.74, 6) is 0.750. The van der Waals surface area contributed by atoms with E-state index in [1.54, 1.807) is 0 Å². The van der Waals surface area contributed by atoms with Crippen molar-refractivity contribution >= 4 is 24.0 Å². The van der Waals surface area contributed by atoms with E-state index in [1.807, 2.05) is 0 Å². The second kappa shape index (κ2) is 25.3. The summed E-state index contributed by atoms with van der Waals surface area (Å²) < 4.78 is 0. The normalized spacial score (nSPS) is 12.7. The highest BCUT2D eigenvalue weighted by molar-refractivity contribution is 14.0. The monoisotopic (exact) mass is 551 g/mol. The third-order valence-corrected chi connectivity index (χ3v) is 7.35. The van der Waals surface area contributed by atoms with Crippen LogP contribution >= 0.6 is 24.0 Å². The first-order valence-corrected chi connectivity index (χ1v) is 14.4. The zero-order valence-corrected chi connectivity index (χ0v) is 24.7. The van der Waals surface area contributed by atoms with E-state index < -0.39 is 0 Å². The van der Waals surface area contributed by atoms with Crippen molar-refractivity contribution in [2.75, 3.05) is 0 Å². The first kappa shape index (κ1) is 33.9. The van der Waals surface area contributed by atoms with Crippen molar-refractivity contribution in [2.24, 2.45) is 11.7 Å². The molecule has 31 heavy (non-hydrogen) atoms. The van der Waals surface area contributed by atoms with E-state index in [-0.39, 0.29) is 29.5 Å². The molecule has 190 valence electrons. The van der Waals surface area contributed by atoms with Crippen LogP contribution in [0.15, 0.2) is 0 Å². The van der Waals surface area contributed by atoms with Gasteiger partial charge in [-0.1, -0.05) is 150 Å². The van der Waals surface area contributed by atoms with Crippen LogP contribution in [0.1, 0.15) is 175 Å². The molecule has 0 aliphatic heterocycles. The zero-order chi connectivity index (χ0) is 22.3. The van der Waals surface area contributed by atoms with E-state index in [9.17, 15) is 0 Å². The Kier molecular flexibility index (Phi) is 27.7. The molecule has 2 N–H and O–H groups in total. The Balaban J connectivity index is 0. The maximum absolute atomic E-state index is 7.27. The van der Waals surface area contributed by atoms with E-state index in [4.69, 9.17) is 5.73 Å². The molecule has 0 heterocycles. The predicted molar refractivity (Wildman–Crippen MR) is 155 cm³/mol. The van der Waals surface area contributed by atoms with Crippen molar-refractivity contribution in [3.63, 3.8) is 0 Å². The number of unbranched alkanes of at least 4 members (excludes halogenated alkanes) is 15. The van der Waals surface area contributed by atoms with Crippen LogP contribution in [-0.2, 0) is 0 Å². The van der Waals surface area contributed by atoms with E-state index in [0.717, 1.165) is 5.92 Å². The Morgan fingerprint density at radius 2 is 0.806 bits per heavy atom. The fourth-order valence-corrected chi connectivity index (χ4v) is 5.24. The van der Waals surface area contributed by atoms with Gasteiger partial charge in [-0.3, -0.25) is 0 Å². The van der Waals surface area contributed by atoms with Gasteiger partial charge >= 0.3 is 0 Å². The molecule has 0 aliphatic rings. The minimum Gasteiger partial charge on any atom is -0.325 e. The van der Waals surface area contributed by atoms with Crippen molar-refractivity contribution in [3.8, 4) is 0 Å². The van der Waals surface area contributed by atoms with Crippen molar-refractivity contribution in [2.45, 2.75) is 181 Å². The molecule has 0 amide bonds. The standard InChI is InChI=1S/C29H61N.HI/c1-5-9-12-15-18-21-25-28(24-8-4)29(30,26-22-19-16-13-10-6-2)27-23-20-17-14-11-7-3;/h28H,5-27,30H2,1-4H3;1H. The third-order valence-electron chi connectivity index (χ3n) is 7.35. The fraction of sp³-hybridized carbons (Fsp3) is 1.00. The van der Waals surface area contributed by atoms with Gasteiger partial charge in [0.1, 0.15) is 0 Å². The highest BCUT2D eigenvalue weighted by atomic mass is 127. The molecule has 0 aromatic rings. The molecular formula is C29H62IN. The number of nitrogens with two attached hydrogens (primary N) is 1. The Bertz CT molecular complexity index is 315. The molecule has 1 unspecified atom stereocenters. The minimum absolute atomic E-state index is 0. The molecule has 0 aromatic carbocycles. The molecule has 0 rings (SSSR count). The summed E-state index contributed by atoms with van der Waals surface area (Å²) >= 11 is 0. The van der Waals surface area contributed by atoms with Crippen LogP contribution in [-0.4, -0.2) is 5.54 Å². The number of halogens is 1. The van der Waals surface area contributed by atoms with Gasteiger partial charge in [0.05, 0.1) is 0 Å². The van der Waals surface area contributed by atoms with Crippen LogP contribution in [0.4, 0.5) is 0 Å². The molecule has 0 saturated heterocycles. The van der Waals surface area contributed by atoms with Gasteiger partial charge in [-0.15, -0.1) is 24.0 Å². The lowest BCUT2D eigenvalue weighted by molar-refractivity contribution is 0.192. The van der Waals surface area contributed by atoms with Gasteiger partial charge in [0, 0.05) is 5.54 Å². The Labute approximate surface area is 215 Å². The van der Waals surface area contributed by atoms with Gasteiger partial charge in [0.15, 0.2) is 0 Å². The van der Waals surface area contributed by atoms with Crippen LogP contribution in [0.5, 0.6) is 0 Å². The highest BCUT2D eigenvalue weighted by Gasteiger charge is 2.32. The second-order valence-electron chi connectivity index (χ2n) is 10.3. The lowest BCUT2D eigenvalue weighted by Gasteiger charge is -2.39. The molecule has 1 nitrogen and oxygen atoms in total. The number of hydrogen-bond acceptors (Lipinski definition) is 1. The number of hydrogen-bond donors (Lipinski definition) is 1. The topological polar surface area (TPSA) is 26.0 Å². The first-order valence-electron chi connectivity index (χ1n) is 14.4. The van der Waals surface area contributed by atoms with E-state index in [0.29, 0.717) is 0 Å². The first-order chi connectivity index (χ1) is 14.6. The molecule has 0 saturated carbocycles. The lowest BCUT2D eigenvalue weighted by Crippen LogP contribution is -2.47. The summed E-state index contributed by atoms with van der Waals surface area (Å²) in [6.45, 7) is 9.29. The lowest BCUT2D eigenvalue weighted by atomic mass is 9.72. The maximum atomic E-state index is 7.27. The molecule has 0 spiro atoms. The van der Waals surface area contributed by atoms with E-state index in [2.05, 4.69) is 27.7 Å². The van der Waals surface area contributed by atoms with Crippen molar-refractivity contribution in [3.05, 3.63) is 0 Å². The van der Waals surface area contributed by atoms with Crippen LogP contribution in [0.3, 0.4) is 0 Å². The van der Waals surface area contributed by atoms with Gasteiger partial charge in [-0.25, -0.2) is 0 Å². The van der Waals surface area contributed by atoms with Crippen LogP contribution in [0.25, 0.3) is 0 Å². The van der Waals surface area contributed by atoms with E-state index in [1.165, 1.54) is 148 Å². The summed E-state index contributed by atoms with van der Waals surface area (Å²) in [5, 5.41) is 0. The van der Waals surface area contributed by atoms with E-state index >= 15 is 0 Å². The van der Waals surface area contributed by atoms with Crippen molar-refractivity contribution in [1.29, 1.82) is 0 Å². The number of rotatable bonds is 24. The van der Waals surface area contributed by atoms with Gasteiger partial charge in [-0.05, 0) is 31.6 Å². The molecule has 0 fully saturated rings. The van der Waals surface area contributed by atoms with Crippen molar-refractivity contribution in [1.82, 2.24) is 0 Å². The molecule has 0 aromatic heterocycles. The highest BCUT2D eigenvalue weighted by Crippen LogP contribution is 2.35. The summed E-state index contributed by atoms with van der Waals surface area (Å²) in [6.07, 6.45) is 31.7. The van der Waals surface area contributed by atoms with Gasteiger partial charge < -0.3 is 5.73 Å². The molecule has 0 bridgehead atoms. The Morgan fingerprint density at radius 3 is 1.19 bits per heavy atom. The molecule has 2 heteroatoms. The fourth-order valence-electron chi connectivity index (χ4n) is 5.24. The second-order valence-corrected chi connectivity index (χ2v) is 10.3. The predicted octanol–water partition coefficient (Wildman–Crippen LogP) is 11.0. The molecular weight excluding hydrogens is 489 g/mol. The molecule has 0 aliphatic carbocycles. The van der Waals surface area contributed by atoms with Crippen LogP contribution in [0.2, 0.25) is 0 Å². The largest absolute Gasteiger partial charge is 0.325 e. The van der Waals surface area contributed by atoms with Crippen LogP contribution in [0, 0.1) is 5.92 Å². The smallest absolute Gasteiger partial charge is 0.0182 e. The third kappa shape index (κ3) is 19.8. The SMILES string of the molecule is CCCCCCCCC(CCC)C(N)(CCCCCCCC)CCCCCCCC.I. The Morgan fingerprint density at radius 1 is 0.452 bits per heavy atom. The summed E-state index contributed by atoms with van der Waals surface area (Å²) in [6, 6.07) is 0. The average molecular weight is 552 g/mol. The maximum Gasteiger partial charge on any atom is 0.0182 e. The van der Waals surface area contributed by atoms with Gasteiger partial charge in [-0.2, -0.15) is 0 Å². The molecule has 1 atom stereocenters. The summed E-state index contributed by atoms with van der Waals surface area (Å²) in [4.78, 5) is 0. The molecule has 0 radical (unpaired) electrons. The zero-order valence-electron chi connectivity index (χ0n) is 22.3. The summed E-state index contributed by atoms with van der Waals surface area (Å²) in [7, 11) is 0. The Hall–Kier alpha value is 0.690. The van der Waals surface area contributed by atoms with Gasteiger partial charge in [0.25, 0.3) is 0 Å².